The van der Waals surface area contributed by atoms with Crippen molar-refractivity contribution < 1.29 is 18.7 Å². The number of nitrogens with two attached hydrogens (primary N) is 1. The van der Waals surface area contributed by atoms with Crippen LogP contribution in [0.1, 0.15) is 15.9 Å². The van der Waals surface area contributed by atoms with E-state index >= 15 is 0 Å². The van der Waals surface area contributed by atoms with Gasteiger partial charge < -0.3 is 15.8 Å². The van der Waals surface area contributed by atoms with Crippen molar-refractivity contribution in [3.8, 4) is 5.75 Å². The van der Waals surface area contributed by atoms with E-state index in [1.165, 1.54) is 24.3 Å². The van der Waals surface area contributed by atoms with Gasteiger partial charge in [-0.15, -0.1) is 0 Å². The van der Waals surface area contributed by atoms with Gasteiger partial charge in [-0.1, -0.05) is 12.1 Å². The number of halogens is 1. The molecule has 120 valence electrons. The van der Waals surface area contributed by atoms with Gasteiger partial charge in [-0.2, -0.15) is 0 Å². The smallest absolute Gasteiger partial charge is 0.251 e. The number of rotatable bonds is 6. The molecule has 0 aliphatic heterocycles. The fourth-order valence-corrected chi connectivity index (χ4v) is 2.06. The summed E-state index contributed by atoms with van der Waals surface area (Å²) in [5.41, 5.74) is 6.44. The minimum Gasteiger partial charge on any atom is -0.497 e. The number of hydrogen-bond donors (Lipinski definition) is 2. The molecule has 0 spiro atoms. The van der Waals surface area contributed by atoms with Crippen LogP contribution in [0, 0.1) is 5.82 Å². The molecule has 0 heterocycles. The molecule has 0 saturated carbocycles. The van der Waals surface area contributed by atoms with Gasteiger partial charge in [0.2, 0.25) is 5.91 Å². The minimum absolute atomic E-state index is 0.256. The highest BCUT2D eigenvalue weighted by Gasteiger charge is 2.19. The largest absolute Gasteiger partial charge is 0.497 e. The van der Waals surface area contributed by atoms with E-state index in [-0.39, 0.29) is 12.0 Å². The molecule has 6 heteroatoms. The summed E-state index contributed by atoms with van der Waals surface area (Å²) in [7, 11) is 1.56. The van der Waals surface area contributed by atoms with Crippen molar-refractivity contribution in [3.63, 3.8) is 0 Å². The van der Waals surface area contributed by atoms with Crippen LogP contribution in [-0.2, 0) is 11.2 Å². The lowest BCUT2D eigenvalue weighted by molar-refractivity contribution is -0.119. The molecule has 23 heavy (non-hydrogen) atoms. The van der Waals surface area contributed by atoms with Crippen LogP contribution in [-0.4, -0.2) is 25.0 Å². The molecule has 0 bridgehead atoms. The van der Waals surface area contributed by atoms with Crippen LogP contribution in [0.2, 0.25) is 0 Å². The van der Waals surface area contributed by atoms with E-state index in [0.29, 0.717) is 5.75 Å². The first-order chi connectivity index (χ1) is 11.0. The molecule has 2 aromatic rings. The summed E-state index contributed by atoms with van der Waals surface area (Å²) in [6, 6.07) is 11.3. The van der Waals surface area contributed by atoms with E-state index in [2.05, 4.69) is 5.32 Å². The van der Waals surface area contributed by atoms with Crippen LogP contribution in [0.15, 0.2) is 48.5 Å². The average molecular weight is 316 g/mol. The van der Waals surface area contributed by atoms with Gasteiger partial charge in [-0.05, 0) is 42.0 Å². The zero-order valence-corrected chi connectivity index (χ0v) is 12.6. The molecule has 3 N–H and O–H groups in total. The van der Waals surface area contributed by atoms with E-state index in [4.69, 9.17) is 10.5 Å². The SMILES string of the molecule is COc1ccc(C[C@@H](NC(=O)c2ccc(F)cc2)C(N)=O)cc1. The van der Waals surface area contributed by atoms with Gasteiger partial charge in [0.05, 0.1) is 7.11 Å². The second-order valence-electron chi connectivity index (χ2n) is 4.99. The Morgan fingerprint density at radius 2 is 1.74 bits per heavy atom. The highest BCUT2D eigenvalue weighted by molar-refractivity contribution is 5.97. The van der Waals surface area contributed by atoms with Gasteiger partial charge >= 0.3 is 0 Å². The molecular formula is C17H17FN2O3. The molecule has 0 fully saturated rings. The van der Waals surface area contributed by atoms with Crippen molar-refractivity contribution >= 4 is 11.8 Å². The first-order valence-corrected chi connectivity index (χ1v) is 6.98. The number of carbonyl (C=O) groups is 2. The van der Waals surface area contributed by atoms with Gasteiger partial charge in [0.15, 0.2) is 0 Å². The molecule has 5 nitrogen and oxygen atoms in total. The van der Waals surface area contributed by atoms with Crippen LogP contribution in [0.3, 0.4) is 0 Å². The Bertz CT molecular complexity index is 684. The lowest BCUT2D eigenvalue weighted by Crippen LogP contribution is -2.45. The standard InChI is InChI=1S/C17H17FN2O3/c1-23-14-8-2-11(3-9-14)10-15(16(19)21)20-17(22)12-4-6-13(18)7-5-12/h2-9,15H,10H2,1H3,(H2,19,21)(H,20,22)/t15-/m1/s1. The van der Waals surface area contributed by atoms with Gasteiger partial charge in [0, 0.05) is 12.0 Å². The normalized spacial score (nSPS) is 11.6. The number of benzene rings is 2. The van der Waals surface area contributed by atoms with Gasteiger partial charge in [0.1, 0.15) is 17.6 Å². The number of ether oxygens (including phenoxy) is 1. The summed E-state index contributed by atoms with van der Waals surface area (Å²) in [4.78, 5) is 23.7. The molecular weight excluding hydrogens is 299 g/mol. The summed E-state index contributed by atoms with van der Waals surface area (Å²) >= 11 is 0. The van der Waals surface area contributed by atoms with Crippen molar-refractivity contribution in [2.75, 3.05) is 7.11 Å². The lowest BCUT2D eigenvalue weighted by Gasteiger charge is -2.16. The van der Waals surface area contributed by atoms with Gasteiger partial charge in [-0.3, -0.25) is 9.59 Å². The van der Waals surface area contributed by atoms with Crippen LogP contribution in [0.25, 0.3) is 0 Å². The molecule has 0 saturated heterocycles. The van der Waals surface area contributed by atoms with Crippen LogP contribution >= 0.6 is 0 Å². The predicted molar refractivity (Wildman–Crippen MR) is 83.5 cm³/mol. The fraction of sp³-hybridized carbons (Fsp3) is 0.176. The van der Waals surface area contributed by atoms with Crippen molar-refractivity contribution in [2.45, 2.75) is 12.5 Å². The Hall–Kier alpha value is -2.89. The Morgan fingerprint density at radius 1 is 1.13 bits per heavy atom. The Morgan fingerprint density at radius 3 is 2.26 bits per heavy atom. The zero-order chi connectivity index (χ0) is 16.8. The van der Waals surface area contributed by atoms with Crippen molar-refractivity contribution in [3.05, 3.63) is 65.5 Å². The average Bonchev–Trinajstić information content (AvgIpc) is 2.55. The summed E-state index contributed by atoms with van der Waals surface area (Å²) in [5.74, 6) is -0.871. The van der Waals surface area contributed by atoms with Gasteiger partial charge in [0.25, 0.3) is 5.91 Å². The predicted octanol–water partition coefficient (Wildman–Crippen LogP) is 1.66. The molecule has 2 amide bonds. The number of hydrogen-bond acceptors (Lipinski definition) is 3. The van der Waals surface area contributed by atoms with Crippen molar-refractivity contribution in [1.82, 2.24) is 5.32 Å². The maximum absolute atomic E-state index is 12.9. The number of amides is 2. The third kappa shape index (κ3) is 4.54. The number of primary amides is 1. The highest BCUT2D eigenvalue weighted by atomic mass is 19.1. The number of nitrogens with one attached hydrogen (secondary N) is 1. The Labute approximate surface area is 133 Å². The second kappa shape index (κ2) is 7.40. The van der Waals surface area contributed by atoms with Crippen LogP contribution in [0.5, 0.6) is 5.75 Å². The molecule has 1 atom stereocenters. The zero-order valence-electron chi connectivity index (χ0n) is 12.6. The third-order valence-corrected chi connectivity index (χ3v) is 3.35. The van der Waals surface area contributed by atoms with E-state index < -0.39 is 23.7 Å². The number of methoxy groups -OCH3 is 1. The first-order valence-electron chi connectivity index (χ1n) is 6.98. The maximum atomic E-state index is 12.9. The molecule has 0 unspecified atom stereocenters. The quantitative estimate of drug-likeness (QED) is 0.850. The summed E-state index contributed by atoms with van der Waals surface area (Å²) < 4.78 is 17.9. The van der Waals surface area contributed by atoms with Crippen LogP contribution in [0.4, 0.5) is 4.39 Å². The third-order valence-electron chi connectivity index (χ3n) is 3.35. The monoisotopic (exact) mass is 316 g/mol. The van der Waals surface area contributed by atoms with Crippen LogP contribution < -0.4 is 15.8 Å². The summed E-state index contributed by atoms with van der Waals surface area (Å²) in [6.07, 6.45) is 0.256. The molecule has 0 aliphatic rings. The molecule has 2 rings (SSSR count). The molecule has 2 aromatic carbocycles. The van der Waals surface area contributed by atoms with E-state index in [9.17, 15) is 14.0 Å². The second-order valence-corrected chi connectivity index (χ2v) is 4.99. The van der Waals surface area contributed by atoms with E-state index in [0.717, 1.165) is 5.56 Å². The topological polar surface area (TPSA) is 81.4 Å². The van der Waals surface area contributed by atoms with E-state index in [1.807, 2.05) is 0 Å². The maximum Gasteiger partial charge on any atom is 0.251 e. The number of carbonyl (C=O) groups excluding carboxylic acids is 2. The molecule has 0 aromatic heterocycles. The minimum atomic E-state index is -0.860. The van der Waals surface area contributed by atoms with Crippen molar-refractivity contribution in [1.29, 1.82) is 0 Å². The molecule has 0 radical (unpaired) electrons. The summed E-state index contributed by atoms with van der Waals surface area (Å²) in [5, 5.41) is 2.56. The van der Waals surface area contributed by atoms with Crippen molar-refractivity contribution in [2.24, 2.45) is 5.73 Å². The van der Waals surface area contributed by atoms with Gasteiger partial charge in [-0.25, -0.2) is 4.39 Å². The first kappa shape index (κ1) is 16.5. The van der Waals surface area contributed by atoms with E-state index in [1.54, 1.807) is 31.4 Å². The Kier molecular flexibility index (Phi) is 5.30. The lowest BCUT2D eigenvalue weighted by atomic mass is 10.0. The highest BCUT2D eigenvalue weighted by Crippen LogP contribution is 2.13. The Balaban J connectivity index is 2.07. The molecule has 0 aliphatic carbocycles. The fourth-order valence-electron chi connectivity index (χ4n) is 2.06. The summed E-state index contributed by atoms with van der Waals surface area (Å²) in [6.45, 7) is 0.